The van der Waals surface area contributed by atoms with Gasteiger partial charge in [-0.15, -0.1) is 0 Å². The molecule has 1 aliphatic rings. The number of amides is 1. The van der Waals surface area contributed by atoms with E-state index < -0.39 is 29.1 Å². The van der Waals surface area contributed by atoms with Crippen LogP contribution in [0.5, 0.6) is 0 Å². The van der Waals surface area contributed by atoms with Gasteiger partial charge >= 0.3 is 5.97 Å². The van der Waals surface area contributed by atoms with Crippen LogP contribution in [0.25, 0.3) is 10.8 Å². The van der Waals surface area contributed by atoms with Crippen LogP contribution in [-0.2, 0) is 24.3 Å². The molecule has 0 atom stereocenters. The number of ether oxygens (including phenoxy) is 1. The molecule has 2 aromatic carbocycles. The molecular formula is C21H26N2O5S. The molecular weight excluding hydrogens is 392 g/mol. The highest BCUT2D eigenvalue weighted by Gasteiger charge is 2.18. The molecule has 0 aliphatic heterocycles. The number of hydrogen-bond acceptors (Lipinski definition) is 5. The van der Waals surface area contributed by atoms with Gasteiger partial charge < -0.3 is 10.1 Å². The number of sulfonamides is 1. The SMILES string of the molecule is O=C(COC(=O)CNS(=O)(=O)c1ccc2ccccc2c1)NCC1CCCCC1. The van der Waals surface area contributed by atoms with Crippen molar-refractivity contribution < 1.29 is 22.7 Å². The zero-order valence-corrected chi connectivity index (χ0v) is 17.0. The predicted octanol–water partition coefficient (Wildman–Crippen LogP) is 2.36. The molecule has 1 fully saturated rings. The summed E-state index contributed by atoms with van der Waals surface area (Å²) in [4.78, 5) is 23.7. The Kier molecular flexibility index (Phi) is 7.22. The second-order valence-corrected chi connectivity index (χ2v) is 9.07. The third-order valence-corrected chi connectivity index (χ3v) is 6.51. The Morgan fingerprint density at radius 1 is 1.00 bits per heavy atom. The third-order valence-electron chi connectivity index (χ3n) is 5.11. The zero-order valence-electron chi connectivity index (χ0n) is 16.2. The summed E-state index contributed by atoms with van der Waals surface area (Å²) in [6, 6.07) is 12.1. The molecule has 0 unspecified atom stereocenters. The van der Waals surface area contributed by atoms with Crippen LogP contribution in [-0.4, -0.2) is 40.0 Å². The first-order valence-corrected chi connectivity index (χ1v) is 11.3. The number of rotatable bonds is 8. The molecule has 29 heavy (non-hydrogen) atoms. The van der Waals surface area contributed by atoms with Crippen LogP contribution >= 0.6 is 0 Å². The lowest BCUT2D eigenvalue weighted by Gasteiger charge is -2.21. The second-order valence-electron chi connectivity index (χ2n) is 7.30. The van der Waals surface area contributed by atoms with Gasteiger partial charge in [0.2, 0.25) is 10.0 Å². The fourth-order valence-electron chi connectivity index (χ4n) is 3.47. The number of carbonyl (C=O) groups excluding carboxylic acids is 2. The topological polar surface area (TPSA) is 102 Å². The van der Waals surface area contributed by atoms with E-state index in [9.17, 15) is 18.0 Å². The standard InChI is InChI=1S/C21H26N2O5S/c24-20(22-13-16-6-2-1-3-7-16)15-28-21(25)14-23-29(26,27)19-11-10-17-8-4-5-9-18(17)12-19/h4-5,8-12,16,23H,1-3,6-7,13-15H2,(H,22,24). The van der Waals surface area contributed by atoms with E-state index in [1.54, 1.807) is 12.1 Å². The van der Waals surface area contributed by atoms with E-state index >= 15 is 0 Å². The molecule has 7 nitrogen and oxygen atoms in total. The van der Waals surface area contributed by atoms with Crippen molar-refractivity contribution >= 4 is 32.7 Å². The van der Waals surface area contributed by atoms with Gasteiger partial charge in [0.1, 0.15) is 6.54 Å². The molecule has 1 aliphatic carbocycles. The van der Waals surface area contributed by atoms with E-state index in [-0.39, 0.29) is 10.8 Å². The molecule has 0 radical (unpaired) electrons. The lowest BCUT2D eigenvalue weighted by Crippen LogP contribution is -2.36. The molecule has 0 saturated heterocycles. The van der Waals surface area contributed by atoms with Crippen LogP contribution in [0.2, 0.25) is 0 Å². The van der Waals surface area contributed by atoms with Gasteiger partial charge in [-0.3, -0.25) is 9.59 Å². The lowest BCUT2D eigenvalue weighted by molar-refractivity contribution is -0.147. The molecule has 0 aromatic heterocycles. The number of fused-ring (bicyclic) bond motifs is 1. The van der Waals surface area contributed by atoms with E-state index in [1.807, 2.05) is 24.3 Å². The largest absolute Gasteiger partial charge is 0.455 e. The highest BCUT2D eigenvalue weighted by atomic mass is 32.2. The summed E-state index contributed by atoms with van der Waals surface area (Å²) in [6.07, 6.45) is 5.84. The fourth-order valence-corrected chi connectivity index (χ4v) is 4.47. The number of nitrogens with one attached hydrogen (secondary N) is 2. The highest BCUT2D eigenvalue weighted by Crippen LogP contribution is 2.22. The Hall–Kier alpha value is -2.45. The Bertz CT molecular complexity index is 968. The van der Waals surface area contributed by atoms with Crippen molar-refractivity contribution in [1.29, 1.82) is 0 Å². The summed E-state index contributed by atoms with van der Waals surface area (Å²) >= 11 is 0. The minimum Gasteiger partial charge on any atom is -0.455 e. The lowest BCUT2D eigenvalue weighted by atomic mass is 9.89. The summed E-state index contributed by atoms with van der Waals surface area (Å²) in [6.45, 7) is -0.362. The Balaban J connectivity index is 1.43. The smallest absolute Gasteiger partial charge is 0.321 e. The summed E-state index contributed by atoms with van der Waals surface area (Å²) in [5.41, 5.74) is 0. The minimum atomic E-state index is -3.86. The number of esters is 1. The molecule has 3 rings (SSSR count). The Morgan fingerprint density at radius 3 is 2.48 bits per heavy atom. The average molecular weight is 419 g/mol. The molecule has 2 N–H and O–H groups in total. The first kappa shape index (κ1) is 21.3. The van der Waals surface area contributed by atoms with E-state index in [4.69, 9.17) is 4.74 Å². The van der Waals surface area contributed by atoms with Gasteiger partial charge in [0, 0.05) is 6.54 Å². The molecule has 0 heterocycles. The Morgan fingerprint density at radius 2 is 1.72 bits per heavy atom. The average Bonchev–Trinajstić information content (AvgIpc) is 2.75. The van der Waals surface area contributed by atoms with Crippen LogP contribution in [0.4, 0.5) is 0 Å². The molecule has 8 heteroatoms. The van der Waals surface area contributed by atoms with Gasteiger partial charge in [-0.05, 0) is 41.7 Å². The number of carbonyl (C=O) groups is 2. The van der Waals surface area contributed by atoms with Gasteiger partial charge in [-0.2, -0.15) is 4.72 Å². The number of hydrogen-bond donors (Lipinski definition) is 2. The van der Waals surface area contributed by atoms with Crippen molar-refractivity contribution in [2.45, 2.75) is 37.0 Å². The molecule has 2 aromatic rings. The highest BCUT2D eigenvalue weighted by molar-refractivity contribution is 7.89. The van der Waals surface area contributed by atoms with Crippen LogP contribution in [0.15, 0.2) is 47.4 Å². The Labute approximate surface area is 170 Å². The molecule has 1 saturated carbocycles. The van der Waals surface area contributed by atoms with E-state index in [1.165, 1.54) is 25.3 Å². The van der Waals surface area contributed by atoms with E-state index in [2.05, 4.69) is 10.0 Å². The molecule has 0 bridgehead atoms. The van der Waals surface area contributed by atoms with Crippen molar-refractivity contribution in [3.63, 3.8) is 0 Å². The first-order chi connectivity index (χ1) is 13.9. The summed E-state index contributed by atoms with van der Waals surface area (Å²) in [5.74, 6) is -0.694. The van der Waals surface area contributed by atoms with Gasteiger partial charge in [-0.25, -0.2) is 8.42 Å². The quantitative estimate of drug-likeness (QED) is 0.641. The molecule has 1 amide bonds. The van der Waals surface area contributed by atoms with Gasteiger partial charge in [0.15, 0.2) is 6.61 Å². The summed E-state index contributed by atoms with van der Waals surface area (Å²) in [5, 5.41) is 4.47. The fraction of sp³-hybridized carbons (Fsp3) is 0.429. The van der Waals surface area contributed by atoms with Crippen molar-refractivity contribution in [2.75, 3.05) is 19.7 Å². The van der Waals surface area contributed by atoms with E-state index in [0.29, 0.717) is 12.5 Å². The zero-order chi connectivity index (χ0) is 20.7. The molecule has 0 spiro atoms. The van der Waals surface area contributed by atoms with Crippen molar-refractivity contribution in [2.24, 2.45) is 5.92 Å². The van der Waals surface area contributed by atoms with E-state index in [0.717, 1.165) is 23.6 Å². The van der Waals surface area contributed by atoms with Crippen molar-refractivity contribution in [1.82, 2.24) is 10.0 Å². The molecule has 156 valence electrons. The second kappa shape index (κ2) is 9.84. The van der Waals surface area contributed by atoms with Crippen molar-refractivity contribution in [3.05, 3.63) is 42.5 Å². The summed E-state index contributed by atoms with van der Waals surface area (Å²) < 4.78 is 31.9. The third kappa shape index (κ3) is 6.27. The normalized spacial score (nSPS) is 15.2. The first-order valence-electron chi connectivity index (χ1n) is 9.85. The summed E-state index contributed by atoms with van der Waals surface area (Å²) in [7, 11) is -3.86. The minimum absolute atomic E-state index is 0.0641. The predicted molar refractivity (Wildman–Crippen MR) is 110 cm³/mol. The van der Waals surface area contributed by atoms with Gasteiger partial charge in [0.25, 0.3) is 5.91 Å². The monoisotopic (exact) mass is 418 g/mol. The maximum Gasteiger partial charge on any atom is 0.321 e. The number of benzene rings is 2. The maximum absolute atomic E-state index is 12.4. The van der Waals surface area contributed by atoms with Gasteiger partial charge in [-0.1, -0.05) is 49.6 Å². The van der Waals surface area contributed by atoms with Gasteiger partial charge in [0.05, 0.1) is 4.90 Å². The van der Waals surface area contributed by atoms with Crippen LogP contribution in [0.3, 0.4) is 0 Å². The van der Waals surface area contributed by atoms with Crippen LogP contribution in [0, 0.1) is 5.92 Å². The van der Waals surface area contributed by atoms with Crippen LogP contribution in [0.1, 0.15) is 32.1 Å². The maximum atomic E-state index is 12.4. The van der Waals surface area contributed by atoms with Crippen LogP contribution < -0.4 is 10.0 Å². The van der Waals surface area contributed by atoms with Crippen molar-refractivity contribution in [3.8, 4) is 0 Å².